The summed E-state index contributed by atoms with van der Waals surface area (Å²) in [6, 6.07) is 15.3. The average Bonchev–Trinajstić information content (AvgIpc) is 3.28. The number of nitrogens with zero attached hydrogens (tertiary/aromatic N) is 4. The number of pyridine rings is 1. The van der Waals surface area contributed by atoms with Crippen molar-refractivity contribution >= 4 is 11.4 Å². The number of benzene rings is 1. The first-order valence-corrected chi connectivity index (χ1v) is 10.7. The summed E-state index contributed by atoms with van der Waals surface area (Å²) in [4.78, 5) is 21.7. The van der Waals surface area contributed by atoms with Crippen LogP contribution in [0.25, 0.3) is 16.9 Å². The standard InChI is InChI=1S/C25H26N4O3/c1-4-32-20-10-7-18(8-11-20)6-5-17(2)25(30)21-15-23-26-14-13-22(29(23)28-21)19-9-12-24(31-3)27-16-19/h7-17H,4-6H2,1-3H3. The van der Waals surface area contributed by atoms with Crippen LogP contribution in [0.3, 0.4) is 0 Å². The van der Waals surface area contributed by atoms with Crippen LogP contribution in [-0.2, 0) is 6.42 Å². The molecule has 0 amide bonds. The van der Waals surface area contributed by atoms with E-state index in [1.807, 2.05) is 50.2 Å². The lowest BCUT2D eigenvalue weighted by Gasteiger charge is -2.09. The molecule has 1 aromatic carbocycles. The van der Waals surface area contributed by atoms with E-state index in [1.54, 1.807) is 36.2 Å². The lowest BCUT2D eigenvalue weighted by Crippen LogP contribution is -2.13. The normalized spacial score (nSPS) is 12.0. The molecule has 0 bridgehead atoms. The van der Waals surface area contributed by atoms with Crippen LogP contribution in [0.1, 0.15) is 36.3 Å². The van der Waals surface area contributed by atoms with Crippen LogP contribution >= 0.6 is 0 Å². The Bertz CT molecular complexity index is 1200. The van der Waals surface area contributed by atoms with Crippen LogP contribution in [0.15, 0.2) is 60.9 Å². The van der Waals surface area contributed by atoms with Crippen molar-refractivity contribution < 1.29 is 14.3 Å². The fourth-order valence-corrected chi connectivity index (χ4v) is 3.57. The molecule has 0 aliphatic heterocycles. The molecule has 3 aromatic heterocycles. The molecule has 7 nitrogen and oxygen atoms in total. The molecule has 4 aromatic rings. The average molecular weight is 431 g/mol. The molecule has 1 atom stereocenters. The maximum Gasteiger partial charge on any atom is 0.212 e. The lowest BCUT2D eigenvalue weighted by atomic mass is 9.96. The highest BCUT2D eigenvalue weighted by atomic mass is 16.5. The van der Waals surface area contributed by atoms with Gasteiger partial charge in [-0.3, -0.25) is 4.79 Å². The predicted octanol–water partition coefficient (Wildman–Crippen LogP) is 4.65. The minimum atomic E-state index is -0.155. The van der Waals surface area contributed by atoms with Gasteiger partial charge in [0.1, 0.15) is 11.4 Å². The largest absolute Gasteiger partial charge is 0.494 e. The summed E-state index contributed by atoms with van der Waals surface area (Å²) in [7, 11) is 1.58. The zero-order valence-electron chi connectivity index (χ0n) is 18.5. The van der Waals surface area contributed by atoms with Crippen molar-refractivity contribution in [3.05, 3.63) is 72.2 Å². The molecule has 7 heteroatoms. The molecule has 164 valence electrons. The van der Waals surface area contributed by atoms with E-state index in [4.69, 9.17) is 9.47 Å². The summed E-state index contributed by atoms with van der Waals surface area (Å²) in [6.07, 6.45) is 4.98. The van der Waals surface area contributed by atoms with Crippen molar-refractivity contribution in [1.82, 2.24) is 19.6 Å². The number of carbonyl (C=O) groups excluding carboxylic acids is 1. The number of Topliss-reactive ketones (excluding diaryl/α,β-unsaturated/α-hetero) is 1. The number of ketones is 1. The molecule has 3 heterocycles. The van der Waals surface area contributed by atoms with E-state index < -0.39 is 0 Å². The topological polar surface area (TPSA) is 78.6 Å². The molecular weight excluding hydrogens is 404 g/mol. The summed E-state index contributed by atoms with van der Waals surface area (Å²) in [6.45, 7) is 4.56. The smallest absolute Gasteiger partial charge is 0.212 e. The van der Waals surface area contributed by atoms with Gasteiger partial charge in [0.15, 0.2) is 11.4 Å². The van der Waals surface area contributed by atoms with Gasteiger partial charge in [-0.2, -0.15) is 5.10 Å². The highest BCUT2D eigenvalue weighted by Crippen LogP contribution is 2.23. The van der Waals surface area contributed by atoms with Gasteiger partial charge in [0.05, 0.1) is 19.4 Å². The molecule has 32 heavy (non-hydrogen) atoms. The summed E-state index contributed by atoms with van der Waals surface area (Å²) in [5, 5.41) is 4.57. The van der Waals surface area contributed by atoms with Gasteiger partial charge in [-0.15, -0.1) is 0 Å². The number of aryl methyl sites for hydroxylation is 1. The Morgan fingerprint density at radius 2 is 1.91 bits per heavy atom. The van der Waals surface area contributed by atoms with Gasteiger partial charge in [-0.25, -0.2) is 14.5 Å². The van der Waals surface area contributed by atoms with Gasteiger partial charge >= 0.3 is 0 Å². The Hall–Kier alpha value is -3.74. The van der Waals surface area contributed by atoms with Crippen LogP contribution in [-0.4, -0.2) is 39.1 Å². The van der Waals surface area contributed by atoms with Crippen LogP contribution in [0, 0.1) is 5.92 Å². The summed E-state index contributed by atoms with van der Waals surface area (Å²) in [5.74, 6) is 1.26. The first-order chi connectivity index (χ1) is 15.6. The maximum absolute atomic E-state index is 13.1. The van der Waals surface area contributed by atoms with Crippen LogP contribution in [0.2, 0.25) is 0 Å². The minimum absolute atomic E-state index is 0.0141. The molecule has 0 fully saturated rings. The van der Waals surface area contributed by atoms with E-state index in [-0.39, 0.29) is 11.7 Å². The van der Waals surface area contributed by atoms with E-state index in [1.165, 1.54) is 5.56 Å². The highest BCUT2D eigenvalue weighted by molar-refractivity contribution is 5.96. The second kappa shape index (κ2) is 9.60. The third-order valence-corrected chi connectivity index (χ3v) is 5.40. The molecule has 1 unspecified atom stereocenters. The van der Waals surface area contributed by atoms with Gasteiger partial charge in [-0.05, 0) is 49.6 Å². The van der Waals surface area contributed by atoms with E-state index in [0.29, 0.717) is 23.8 Å². The molecule has 0 aliphatic carbocycles. The van der Waals surface area contributed by atoms with Crippen molar-refractivity contribution in [2.45, 2.75) is 26.7 Å². The summed E-state index contributed by atoms with van der Waals surface area (Å²) >= 11 is 0. The number of hydrogen-bond acceptors (Lipinski definition) is 6. The van der Waals surface area contributed by atoms with E-state index in [9.17, 15) is 4.79 Å². The SMILES string of the molecule is CCOc1ccc(CCC(C)C(=O)c2cc3nccc(-c4ccc(OC)nc4)n3n2)cc1. The molecule has 0 radical (unpaired) electrons. The number of rotatable bonds is 9. The number of aromatic nitrogens is 4. The monoisotopic (exact) mass is 430 g/mol. The van der Waals surface area contributed by atoms with Gasteiger partial charge in [0.25, 0.3) is 0 Å². The second-order valence-corrected chi connectivity index (χ2v) is 7.60. The van der Waals surface area contributed by atoms with Crippen LogP contribution in [0.5, 0.6) is 11.6 Å². The fourth-order valence-electron chi connectivity index (χ4n) is 3.57. The van der Waals surface area contributed by atoms with Gasteiger partial charge in [0.2, 0.25) is 5.88 Å². The predicted molar refractivity (Wildman–Crippen MR) is 122 cm³/mol. The number of methoxy groups -OCH3 is 1. The Morgan fingerprint density at radius 1 is 1.09 bits per heavy atom. The minimum Gasteiger partial charge on any atom is -0.494 e. The van der Waals surface area contributed by atoms with Crippen LogP contribution in [0.4, 0.5) is 0 Å². The highest BCUT2D eigenvalue weighted by Gasteiger charge is 2.20. The number of fused-ring (bicyclic) bond motifs is 1. The third-order valence-electron chi connectivity index (χ3n) is 5.40. The quantitative estimate of drug-likeness (QED) is 0.360. The zero-order chi connectivity index (χ0) is 22.5. The fraction of sp³-hybridized carbons (Fsp3) is 0.280. The van der Waals surface area contributed by atoms with Gasteiger partial charge < -0.3 is 9.47 Å². The Kier molecular flexibility index (Phi) is 6.44. The van der Waals surface area contributed by atoms with E-state index >= 15 is 0 Å². The molecule has 0 spiro atoms. The molecule has 0 aliphatic rings. The zero-order valence-corrected chi connectivity index (χ0v) is 18.5. The second-order valence-electron chi connectivity index (χ2n) is 7.60. The third kappa shape index (κ3) is 4.61. The van der Waals surface area contributed by atoms with Crippen molar-refractivity contribution in [2.24, 2.45) is 5.92 Å². The first-order valence-electron chi connectivity index (χ1n) is 10.7. The molecular formula is C25H26N4O3. The first kappa shape index (κ1) is 21.5. The molecule has 4 rings (SSSR count). The summed E-state index contributed by atoms with van der Waals surface area (Å²) in [5.41, 5.74) is 3.90. The lowest BCUT2D eigenvalue weighted by molar-refractivity contribution is 0.0919. The van der Waals surface area contributed by atoms with Crippen molar-refractivity contribution in [1.29, 1.82) is 0 Å². The maximum atomic E-state index is 13.1. The molecule has 0 saturated carbocycles. The van der Waals surface area contributed by atoms with Gasteiger partial charge in [-0.1, -0.05) is 19.1 Å². The Labute approximate surface area is 187 Å². The Balaban J connectivity index is 1.49. The Morgan fingerprint density at radius 3 is 2.59 bits per heavy atom. The van der Waals surface area contributed by atoms with Gasteiger partial charge in [0, 0.05) is 36.0 Å². The van der Waals surface area contributed by atoms with Crippen molar-refractivity contribution in [2.75, 3.05) is 13.7 Å². The number of carbonyl (C=O) groups is 1. The van der Waals surface area contributed by atoms with Crippen molar-refractivity contribution in [3.8, 4) is 22.9 Å². The molecule has 0 N–H and O–H groups in total. The van der Waals surface area contributed by atoms with E-state index in [0.717, 1.165) is 29.8 Å². The van der Waals surface area contributed by atoms with Crippen LogP contribution < -0.4 is 9.47 Å². The van der Waals surface area contributed by atoms with Crippen molar-refractivity contribution in [3.63, 3.8) is 0 Å². The number of hydrogen-bond donors (Lipinski definition) is 0. The molecule has 0 saturated heterocycles. The number of ether oxygens (including phenoxy) is 2. The van der Waals surface area contributed by atoms with E-state index in [2.05, 4.69) is 15.1 Å². The summed E-state index contributed by atoms with van der Waals surface area (Å²) < 4.78 is 12.3.